The van der Waals surface area contributed by atoms with Crippen molar-refractivity contribution in [3.63, 3.8) is 0 Å². The Balaban J connectivity index is 2.40. The second kappa shape index (κ2) is 6.72. The maximum Gasteiger partial charge on any atom is 0.317 e. The SMILES string of the molecule is CC(O)(CNC(=O)N1CCCC(CO)C1)CC(=O)O. The van der Waals surface area contributed by atoms with Crippen LogP contribution < -0.4 is 5.32 Å². The van der Waals surface area contributed by atoms with E-state index < -0.39 is 18.0 Å². The number of carbonyl (C=O) groups excluding carboxylic acids is 1. The molecule has 1 fully saturated rings. The largest absolute Gasteiger partial charge is 0.481 e. The zero-order chi connectivity index (χ0) is 14.5. The highest BCUT2D eigenvalue weighted by atomic mass is 16.4. The van der Waals surface area contributed by atoms with Crippen molar-refractivity contribution in [2.24, 2.45) is 5.92 Å². The predicted molar refractivity (Wildman–Crippen MR) is 67.7 cm³/mol. The maximum absolute atomic E-state index is 11.9. The van der Waals surface area contributed by atoms with E-state index in [9.17, 15) is 14.7 Å². The Morgan fingerprint density at radius 3 is 2.74 bits per heavy atom. The number of nitrogens with one attached hydrogen (secondary N) is 1. The van der Waals surface area contributed by atoms with Gasteiger partial charge in [-0.1, -0.05) is 0 Å². The van der Waals surface area contributed by atoms with Crippen LogP contribution in [0.4, 0.5) is 4.79 Å². The van der Waals surface area contributed by atoms with Gasteiger partial charge >= 0.3 is 12.0 Å². The third-order valence-corrected chi connectivity index (χ3v) is 3.22. The minimum atomic E-state index is -1.46. The Morgan fingerprint density at radius 2 is 2.16 bits per heavy atom. The Labute approximate surface area is 112 Å². The van der Waals surface area contributed by atoms with Gasteiger partial charge in [-0.25, -0.2) is 4.79 Å². The minimum absolute atomic E-state index is 0.0561. The summed E-state index contributed by atoms with van der Waals surface area (Å²) in [6.45, 7) is 2.42. The molecule has 1 rings (SSSR count). The van der Waals surface area contributed by atoms with Gasteiger partial charge in [0.1, 0.15) is 0 Å². The average Bonchev–Trinajstić information content (AvgIpc) is 2.34. The van der Waals surface area contributed by atoms with Crippen molar-refractivity contribution in [3.8, 4) is 0 Å². The van der Waals surface area contributed by atoms with Crippen molar-refractivity contribution >= 4 is 12.0 Å². The molecule has 19 heavy (non-hydrogen) atoms. The molecule has 4 N–H and O–H groups in total. The lowest BCUT2D eigenvalue weighted by molar-refractivity contribution is -0.141. The first kappa shape index (κ1) is 15.7. The number of aliphatic hydroxyl groups is 2. The second-order valence-electron chi connectivity index (χ2n) is 5.36. The van der Waals surface area contributed by atoms with Gasteiger partial charge in [0.2, 0.25) is 0 Å². The van der Waals surface area contributed by atoms with Crippen LogP contribution in [0.3, 0.4) is 0 Å². The summed E-state index contributed by atoms with van der Waals surface area (Å²) in [6, 6.07) is -0.330. The molecule has 1 saturated heterocycles. The lowest BCUT2D eigenvalue weighted by Crippen LogP contribution is -2.50. The van der Waals surface area contributed by atoms with Crippen molar-refractivity contribution in [1.82, 2.24) is 10.2 Å². The fraction of sp³-hybridized carbons (Fsp3) is 0.833. The van der Waals surface area contributed by atoms with Crippen molar-refractivity contribution in [1.29, 1.82) is 0 Å². The molecule has 0 aromatic rings. The van der Waals surface area contributed by atoms with Crippen LogP contribution >= 0.6 is 0 Å². The van der Waals surface area contributed by atoms with Gasteiger partial charge in [0.05, 0.1) is 12.0 Å². The highest BCUT2D eigenvalue weighted by Gasteiger charge is 2.27. The van der Waals surface area contributed by atoms with Crippen LogP contribution in [0.15, 0.2) is 0 Å². The molecule has 1 aliphatic rings. The fourth-order valence-electron chi connectivity index (χ4n) is 2.16. The molecule has 0 aromatic carbocycles. The monoisotopic (exact) mass is 274 g/mol. The number of nitrogens with zero attached hydrogens (tertiary/aromatic N) is 1. The lowest BCUT2D eigenvalue weighted by atomic mass is 9.99. The van der Waals surface area contributed by atoms with Crippen molar-refractivity contribution in [3.05, 3.63) is 0 Å². The Bertz CT molecular complexity index is 332. The quantitative estimate of drug-likeness (QED) is 0.546. The number of amides is 2. The molecule has 0 radical (unpaired) electrons. The minimum Gasteiger partial charge on any atom is -0.481 e. The normalized spacial score (nSPS) is 22.7. The van der Waals surface area contributed by atoms with Gasteiger partial charge in [0.25, 0.3) is 0 Å². The molecule has 0 bridgehead atoms. The highest BCUT2D eigenvalue weighted by Crippen LogP contribution is 2.16. The number of aliphatic carboxylic acids is 1. The number of rotatable bonds is 5. The summed E-state index contributed by atoms with van der Waals surface area (Å²) in [5, 5.41) is 30.0. The number of urea groups is 1. The van der Waals surface area contributed by atoms with E-state index in [0.29, 0.717) is 13.1 Å². The van der Waals surface area contributed by atoms with Gasteiger partial charge in [0, 0.05) is 26.2 Å². The molecule has 2 atom stereocenters. The second-order valence-corrected chi connectivity index (χ2v) is 5.36. The van der Waals surface area contributed by atoms with E-state index in [1.165, 1.54) is 6.92 Å². The van der Waals surface area contributed by atoms with Crippen molar-refractivity contribution in [2.45, 2.75) is 31.8 Å². The molecule has 110 valence electrons. The summed E-state index contributed by atoms with van der Waals surface area (Å²) >= 11 is 0. The molecular weight excluding hydrogens is 252 g/mol. The van der Waals surface area contributed by atoms with Gasteiger partial charge in [-0.3, -0.25) is 4.79 Å². The molecule has 0 aliphatic carbocycles. The summed E-state index contributed by atoms with van der Waals surface area (Å²) in [4.78, 5) is 24.0. The third-order valence-electron chi connectivity index (χ3n) is 3.22. The van der Waals surface area contributed by atoms with Gasteiger partial charge < -0.3 is 25.5 Å². The molecule has 0 aromatic heterocycles. The summed E-state index contributed by atoms with van der Waals surface area (Å²) in [6.07, 6.45) is 1.31. The highest BCUT2D eigenvalue weighted by molar-refractivity contribution is 5.74. The summed E-state index contributed by atoms with van der Waals surface area (Å²) in [5.74, 6) is -1.02. The number of piperidine rings is 1. The van der Waals surface area contributed by atoms with Crippen LogP contribution in [0.5, 0.6) is 0 Å². The maximum atomic E-state index is 11.9. The van der Waals surface area contributed by atoms with Crippen molar-refractivity contribution < 1.29 is 24.9 Å². The van der Waals surface area contributed by atoms with Crippen LogP contribution in [-0.4, -0.2) is 64.1 Å². The number of carboxylic acids is 1. The number of carboxylic acid groups (broad SMARTS) is 1. The number of carbonyl (C=O) groups is 2. The summed E-state index contributed by atoms with van der Waals surface area (Å²) < 4.78 is 0. The summed E-state index contributed by atoms with van der Waals surface area (Å²) in [5.41, 5.74) is -1.46. The lowest BCUT2D eigenvalue weighted by Gasteiger charge is -2.32. The number of hydrogen-bond donors (Lipinski definition) is 4. The third kappa shape index (κ3) is 5.44. The number of likely N-dealkylation sites (tertiary alicyclic amines) is 1. The first-order valence-corrected chi connectivity index (χ1v) is 6.42. The number of aliphatic hydroxyl groups excluding tert-OH is 1. The molecule has 2 amide bonds. The van der Waals surface area contributed by atoms with Gasteiger partial charge in [-0.15, -0.1) is 0 Å². The molecule has 1 heterocycles. The van der Waals surface area contributed by atoms with E-state index >= 15 is 0 Å². The molecule has 7 nitrogen and oxygen atoms in total. The first-order chi connectivity index (χ1) is 8.84. The van der Waals surface area contributed by atoms with Crippen LogP contribution in [0.25, 0.3) is 0 Å². The average molecular weight is 274 g/mol. The predicted octanol–water partition coefficient (Wildman–Crippen LogP) is -0.374. The fourth-order valence-corrected chi connectivity index (χ4v) is 2.16. The topological polar surface area (TPSA) is 110 Å². The van der Waals surface area contributed by atoms with Crippen LogP contribution in [-0.2, 0) is 4.79 Å². The molecule has 2 unspecified atom stereocenters. The molecule has 1 aliphatic heterocycles. The standard InChI is InChI=1S/C12H22N2O5/c1-12(19,5-10(16)17)8-13-11(18)14-4-2-3-9(6-14)7-15/h9,15,19H,2-8H2,1H3,(H,13,18)(H,16,17). The molecular formula is C12H22N2O5. The van der Waals surface area contributed by atoms with Gasteiger partial charge in [-0.05, 0) is 25.7 Å². The van der Waals surface area contributed by atoms with E-state index in [4.69, 9.17) is 10.2 Å². The Kier molecular flexibility index (Phi) is 5.56. The van der Waals surface area contributed by atoms with E-state index in [1.807, 2.05) is 0 Å². The molecule has 0 spiro atoms. The Morgan fingerprint density at radius 1 is 1.47 bits per heavy atom. The zero-order valence-electron chi connectivity index (χ0n) is 11.1. The zero-order valence-corrected chi connectivity index (χ0v) is 11.1. The van der Waals surface area contributed by atoms with E-state index in [-0.39, 0.29) is 25.1 Å². The van der Waals surface area contributed by atoms with E-state index in [1.54, 1.807) is 4.90 Å². The molecule has 7 heteroatoms. The number of hydrogen-bond acceptors (Lipinski definition) is 4. The van der Waals surface area contributed by atoms with Crippen molar-refractivity contribution in [2.75, 3.05) is 26.2 Å². The van der Waals surface area contributed by atoms with Crippen LogP contribution in [0.1, 0.15) is 26.2 Å². The van der Waals surface area contributed by atoms with E-state index in [2.05, 4.69) is 5.32 Å². The van der Waals surface area contributed by atoms with Gasteiger partial charge in [-0.2, -0.15) is 0 Å². The smallest absolute Gasteiger partial charge is 0.317 e. The van der Waals surface area contributed by atoms with Crippen LogP contribution in [0, 0.1) is 5.92 Å². The van der Waals surface area contributed by atoms with Gasteiger partial charge in [0.15, 0.2) is 0 Å². The van der Waals surface area contributed by atoms with E-state index in [0.717, 1.165) is 12.8 Å². The van der Waals surface area contributed by atoms with Crippen LogP contribution in [0.2, 0.25) is 0 Å². The Hall–Kier alpha value is -1.34. The summed E-state index contributed by atoms with van der Waals surface area (Å²) in [7, 11) is 0. The molecule has 0 saturated carbocycles. The first-order valence-electron chi connectivity index (χ1n) is 6.42.